The number of quaternary nitrogens is 1. The highest BCUT2D eigenvalue weighted by atomic mass is 32.2. The van der Waals surface area contributed by atoms with Crippen LogP contribution in [0.25, 0.3) is 6.08 Å². The van der Waals surface area contributed by atoms with Crippen molar-refractivity contribution in [2.75, 3.05) is 19.7 Å². The Balaban J connectivity index is 2.45. The average Bonchev–Trinajstić information content (AvgIpc) is 2.64. The smallest absolute Gasteiger partial charge is 0.432 e. The van der Waals surface area contributed by atoms with Crippen molar-refractivity contribution >= 4 is 22.2 Å². The zero-order valence-electron chi connectivity index (χ0n) is 14.6. The number of rotatable bonds is 6. The van der Waals surface area contributed by atoms with Crippen LogP contribution < -0.4 is 5.32 Å². The number of alkyl halides is 5. The summed E-state index contributed by atoms with van der Waals surface area (Å²) >= 11 is 0. The second-order valence-electron chi connectivity index (χ2n) is 6.07. The molecule has 2 atom stereocenters. The molecule has 1 saturated heterocycles. The van der Waals surface area contributed by atoms with Crippen LogP contribution >= 0.6 is 0 Å². The van der Waals surface area contributed by atoms with E-state index in [1.54, 1.807) is 5.32 Å². The molecule has 2 N–H and O–H groups in total. The number of nitrogens with two attached hydrogens (primary N) is 1. The van der Waals surface area contributed by atoms with E-state index in [2.05, 4.69) is 11.3 Å². The number of morpholine rings is 1. The summed E-state index contributed by atoms with van der Waals surface area (Å²) < 4.78 is 107. The van der Waals surface area contributed by atoms with Gasteiger partial charge in [0.25, 0.3) is 6.10 Å². The Hall–Kier alpha value is -2.09. The molecule has 13 heteroatoms. The SMILES string of the molecule is C=Cc1ccc(C(=O)OC(C(F)(F)F)C(F)(F)S(=O)(=O)[O-])c(C2C[NH2+]CCO2)c1. The van der Waals surface area contributed by atoms with Crippen molar-refractivity contribution in [2.45, 2.75) is 23.6 Å². The topological polar surface area (TPSA) is 109 Å². The number of carbonyl (C=O) groups is 1. The van der Waals surface area contributed by atoms with E-state index in [0.717, 1.165) is 6.07 Å². The highest BCUT2D eigenvalue weighted by Crippen LogP contribution is 2.38. The molecule has 0 bridgehead atoms. The normalized spacial score (nSPS) is 19.4. The predicted molar refractivity (Wildman–Crippen MR) is 86.8 cm³/mol. The first kappa shape index (κ1) is 23.2. The molecule has 7 nitrogen and oxygen atoms in total. The fourth-order valence-corrected chi connectivity index (χ4v) is 3.08. The molecule has 1 aromatic carbocycles. The maximum atomic E-state index is 13.6. The van der Waals surface area contributed by atoms with E-state index >= 15 is 0 Å². The summed E-state index contributed by atoms with van der Waals surface area (Å²) in [7, 11) is -6.78. The van der Waals surface area contributed by atoms with Gasteiger partial charge in [-0.25, -0.2) is 13.2 Å². The Morgan fingerprint density at radius 1 is 1.34 bits per heavy atom. The first-order chi connectivity index (χ1) is 13.3. The minimum atomic E-state index is -6.78. The molecule has 0 spiro atoms. The largest absolute Gasteiger partial charge is 0.743 e. The Bertz CT molecular complexity index is 880. The van der Waals surface area contributed by atoms with Crippen molar-refractivity contribution in [1.82, 2.24) is 0 Å². The lowest BCUT2D eigenvalue weighted by molar-refractivity contribution is -0.678. The van der Waals surface area contributed by atoms with Gasteiger partial charge in [-0.2, -0.15) is 22.0 Å². The second kappa shape index (κ2) is 8.34. The van der Waals surface area contributed by atoms with Crippen LogP contribution in [-0.4, -0.2) is 56.2 Å². The number of hydrogen-bond acceptors (Lipinski definition) is 6. The molecule has 0 aromatic heterocycles. The monoisotopic (exact) mass is 445 g/mol. The van der Waals surface area contributed by atoms with Gasteiger partial charge in [-0.05, 0) is 17.7 Å². The lowest BCUT2D eigenvalue weighted by Gasteiger charge is -2.30. The molecule has 0 aliphatic carbocycles. The maximum Gasteiger partial charge on any atom is 0.432 e. The first-order valence-corrected chi connectivity index (χ1v) is 9.50. The van der Waals surface area contributed by atoms with E-state index in [1.165, 1.54) is 18.2 Å². The molecule has 2 rings (SSSR count). The van der Waals surface area contributed by atoms with Crippen molar-refractivity contribution in [3.8, 4) is 0 Å². The maximum absolute atomic E-state index is 13.6. The minimum absolute atomic E-state index is 0.0533. The van der Waals surface area contributed by atoms with Gasteiger partial charge in [0.15, 0.2) is 10.1 Å². The first-order valence-electron chi connectivity index (χ1n) is 8.09. The van der Waals surface area contributed by atoms with Crippen molar-refractivity contribution in [3.63, 3.8) is 0 Å². The van der Waals surface area contributed by atoms with E-state index in [9.17, 15) is 39.7 Å². The predicted octanol–water partition coefficient (Wildman–Crippen LogP) is 1.19. The Kier molecular flexibility index (Phi) is 6.67. The number of carbonyl (C=O) groups excluding carboxylic acids is 1. The van der Waals surface area contributed by atoms with Crippen LogP contribution in [0.2, 0.25) is 0 Å². The van der Waals surface area contributed by atoms with Crippen molar-refractivity contribution < 1.29 is 54.5 Å². The summed E-state index contributed by atoms with van der Waals surface area (Å²) in [6.07, 6.45) is -9.88. The molecule has 162 valence electrons. The van der Waals surface area contributed by atoms with E-state index < -0.39 is 45.3 Å². The van der Waals surface area contributed by atoms with E-state index in [1.807, 2.05) is 0 Å². The van der Waals surface area contributed by atoms with E-state index in [4.69, 9.17) is 4.74 Å². The quantitative estimate of drug-likeness (QED) is 0.400. The third-order valence-corrected chi connectivity index (χ3v) is 4.94. The van der Waals surface area contributed by atoms with Crippen LogP contribution in [0.3, 0.4) is 0 Å². The molecule has 0 saturated carbocycles. The van der Waals surface area contributed by atoms with Crippen LogP contribution in [0.4, 0.5) is 22.0 Å². The third-order valence-electron chi connectivity index (χ3n) is 4.06. The molecule has 0 amide bonds. The van der Waals surface area contributed by atoms with E-state index in [-0.39, 0.29) is 18.7 Å². The summed E-state index contributed by atoms with van der Waals surface area (Å²) in [6.45, 7) is 4.66. The number of ether oxygens (including phenoxy) is 2. The summed E-state index contributed by atoms with van der Waals surface area (Å²) in [4.78, 5) is 12.3. The lowest BCUT2D eigenvalue weighted by atomic mass is 9.98. The molecule has 0 radical (unpaired) electrons. The molecular weight excluding hydrogens is 429 g/mol. The lowest BCUT2D eigenvalue weighted by Crippen LogP contribution is -2.88. The second-order valence-corrected chi connectivity index (χ2v) is 7.52. The van der Waals surface area contributed by atoms with Gasteiger partial charge in [0, 0.05) is 5.56 Å². The van der Waals surface area contributed by atoms with Gasteiger partial charge in [0.2, 0.25) is 0 Å². The van der Waals surface area contributed by atoms with E-state index in [0.29, 0.717) is 12.1 Å². The third kappa shape index (κ3) is 5.10. The van der Waals surface area contributed by atoms with Gasteiger partial charge in [-0.15, -0.1) is 0 Å². The fraction of sp³-hybridized carbons (Fsp3) is 0.438. The molecule has 2 unspecified atom stereocenters. The molecule has 1 aliphatic heterocycles. The highest BCUT2D eigenvalue weighted by Gasteiger charge is 2.63. The van der Waals surface area contributed by atoms with Crippen molar-refractivity contribution in [2.24, 2.45) is 0 Å². The van der Waals surface area contributed by atoms with Gasteiger partial charge in [-0.3, -0.25) is 0 Å². The summed E-state index contributed by atoms with van der Waals surface area (Å²) in [5.74, 6) is -1.88. The van der Waals surface area contributed by atoms with Crippen molar-refractivity contribution in [3.05, 3.63) is 41.5 Å². The van der Waals surface area contributed by atoms with Crippen LogP contribution in [0.5, 0.6) is 0 Å². The zero-order valence-corrected chi connectivity index (χ0v) is 15.4. The minimum Gasteiger partial charge on any atom is -0.743 e. The molecular formula is C16H16F5NO6S. The average molecular weight is 445 g/mol. The summed E-state index contributed by atoms with van der Waals surface area (Å²) in [6, 6.07) is 3.65. The number of benzene rings is 1. The van der Waals surface area contributed by atoms with Crippen LogP contribution in [0.1, 0.15) is 27.6 Å². The van der Waals surface area contributed by atoms with Gasteiger partial charge < -0.3 is 19.3 Å². The number of esters is 1. The van der Waals surface area contributed by atoms with Gasteiger partial charge in [0.1, 0.15) is 12.6 Å². The molecule has 1 fully saturated rings. The zero-order chi connectivity index (χ0) is 22.0. The molecule has 29 heavy (non-hydrogen) atoms. The number of halogens is 5. The summed E-state index contributed by atoms with van der Waals surface area (Å²) in [5, 5.41) is -4.11. The summed E-state index contributed by atoms with van der Waals surface area (Å²) in [5.41, 5.74) is -0.0209. The highest BCUT2D eigenvalue weighted by molar-refractivity contribution is 7.86. The molecule has 1 aliphatic rings. The Morgan fingerprint density at radius 2 is 2.00 bits per heavy atom. The van der Waals surface area contributed by atoms with Crippen LogP contribution in [0.15, 0.2) is 24.8 Å². The van der Waals surface area contributed by atoms with Gasteiger partial charge in [-0.1, -0.05) is 18.7 Å². The Labute approximate surface area is 162 Å². The molecule has 1 aromatic rings. The molecule has 1 heterocycles. The van der Waals surface area contributed by atoms with Gasteiger partial charge in [0.05, 0.1) is 18.7 Å². The van der Waals surface area contributed by atoms with Gasteiger partial charge >= 0.3 is 17.4 Å². The standard InChI is InChI=1S/C16H16F5NO6S/c1-2-9-3-4-10(11(7-9)12-8-22-5-6-27-12)13(23)28-14(15(17,18)19)16(20,21)29(24,25)26/h2-4,7,12,14,22H,1,5-6,8H2,(H,24,25,26). The number of hydrogen-bond donors (Lipinski definition) is 1. The van der Waals surface area contributed by atoms with Crippen LogP contribution in [-0.2, 0) is 19.6 Å². The van der Waals surface area contributed by atoms with Crippen molar-refractivity contribution in [1.29, 1.82) is 0 Å². The fourth-order valence-electron chi connectivity index (χ4n) is 2.64. The Morgan fingerprint density at radius 3 is 2.48 bits per heavy atom. The van der Waals surface area contributed by atoms with Crippen LogP contribution in [0, 0.1) is 0 Å².